The fourth-order valence-corrected chi connectivity index (χ4v) is 1.77. The van der Waals surface area contributed by atoms with Crippen LogP contribution in [0.5, 0.6) is 0 Å². The van der Waals surface area contributed by atoms with Crippen LogP contribution >= 0.6 is 11.6 Å². The number of halogens is 1. The maximum Gasteiger partial charge on any atom is 0.156 e. The Morgan fingerprint density at radius 3 is 2.94 bits per heavy atom. The highest BCUT2D eigenvalue weighted by Crippen LogP contribution is 2.23. The van der Waals surface area contributed by atoms with E-state index in [1.807, 2.05) is 6.92 Å². The molecule has 7 heteroatoms. The Bertz CT molecular complexity index is 528. The molecule has 0 fully saturated rings. The molecule has 2 rings (SSSR count). The standard InChI is InChI=1S/C11H12ClN5O/c1-2-8(11-13-3-4-14-11)17-10-7(5-18)9(12)15-6-16-10/h3-6,8H,2H2,1H3,(H,13,14)(H,15,16,17). The third-order valence-corrected chi connectivity index (χ3v) is 2.82. The minimum absolute atomic E-state index is 0.0651. The zero-order valence-corrected chi connectivity index (χ0v) is 10.5. The largest absolute Gasteiger partial charge is 0.359 e. The molecule has 0 saturated carbocycles. The predicted octanol–water partition coefficient (Wildman–Crippen LogP) is 2.23. The van der Waals surface area contributed by atoms with Gasteiger partial charge in [-0.05, 0) is 6.42 Å². The highest BCUT2D eigenvalue weighted by atomic mass is 35.5. The topological polar surface area (TPSA) is 83.6 Å². The Morgan fingerprint density at radius 1 is 1.50 bits per heavy atom. The molecule has 0 spiro atoms. The number of hydrogen-bond donors (Lipinski definition) is 2. The third kappa shape index (κ3) is 2.48. The zero-order chi connectivity index (χ0) is 13.0. The van der Waals surface area contributed by atoms with Crippen molar-refractivity contribution in [2.75, 3.05) is 5.32 Å². The Hall–Kier alpha value is -1.95. The number of rotatable bonds is 5. The molecule has 0 aromatic carbocycles. The Labute approximate surface area is 109 Å². The number of aromatic amines is 1. The van der Waals surface area contributed by atoms with Crippen LogP contribution in [0.1, 0.15) is 35.6 Å². The highest BCUT2D eigenvalue weighted by molar-refractivity contribution is 6.32. The molecule has 0 aliphatic carbocycles. The smallest absolute Gasteiger partial charge is 0.156 e. The molecule has 0 radical (unpaired) electrons. The van der Waals surface area contributed by atoms with Gasteiger partial charge in [-0.2, -0.15) is 0 Å². The number of anilines is 1. The van der Waals surface area contributed by atoms with E-state index in [2.05, 4.69) is 25.3 Å². The molecule has 0 aliphatic heterocycles. The van der Waals surface area contributed by atoms with Gasteiger partial charge in [-0.15, -0.1) is 0 Å². The van der Waals surface area contributed by atoms with Crippen LogP contribution in [0.15, 0.2) is 18.7 Å². The van der Waals surface area contributed by atoms with Crippen LogP contribution in [0, 0.1) is 0 Å². The normalized spacial score (nSPS) is 12.1. The first-order valence-electron chi connectivity index (χ1n) is 5.47. The van der Waals surface area contributed by atoms with Gasteiger partial charge in [-0.25, -0.2) is 15.0 Å². The second-order valence-electron chi connectivity index (χ2n) is 3.62. The highest BCUT2D eigenvalue weighted by Gasteiger charge is 2.16. The fraction of sp³-hybridized carbons (Fsp3) is 0.273. The first-order chi connectivity index (χ1) is 8.76. The molecular weight excluding hydrogens is 254 g/mol. The molecule has 0 bridgehead atoms. The fourth-order valence-electron chi connectivity index (χ4n) is 1.59. The summed E-state index contributed by atoms with van der Waals surface area (Å²) in [7, 11) is 0. The van der Waals surface area contributed by atoms with Crippen molar-refractivity contribution in [3.05, 3.63) is 35.3 Å². The first-order valence-corrected chi connectivity index (χ1v) is 5.85. The molecule has 0 amide bonds. The zero-order valence-electron chi connectivity index (χ0n) is 9.72. The summed E-state index contributed by atoms with van der Waals surface area (Å²) >= 11 is 5.84. The van der Waals surface area contributed by atoms with Crippen LogP contribution in [-0.2, 0) is 0 Å². The number of carbonyl (C=O) groups is 1. The number of nitrogens with zero attached hydrogens (tertiary/aromatic N) is 3. The van der Waals surface area contributed by atoms with E-state index in [1.165, 1.54) is 6.33 Å². The van der Waals surface area contributed by atoms with Crippen LogP contribution in [-0.4, -0.2) is 26.2 Å². The predicted molar refractivity (Wildman–Crippen MR) is 67.7 cm³/mol. The van der Waals surface area contributed by atoms with Gasteiger partial charge < -0.3 is 10.3 Å². The van der Waals surface area contributed by atoms with Gasteiger partial charge >= 0.3 is 0 Å². The molecule has 1 unspecified atom stereocenters. The molecule has 6 nitrogen and oxygen atoms in total. The van der Waals surface area contributed by atoms with Crippen LogP contribution in [0.3, 0.4) is 0 Å². The molecule has 2 N–H and O–H groups in total. The summed E-state index contributed by atoms with van der Waals surface area (Å²) < 4.78 is 0. The van der Waals surface area contributed by atoms with Crippen molar-refractivity contribution in [3.63, 3.8) is 0 Å². The van der Waals surface area contributed by atoms with Gasteiger partial charge in [-0.3, -0.25) is 4.79 Å². The quantitative estimate of drug-likeness (QED) is 0.640. The molecule has 0 saturated heterocycles. The second-order valence-corrected chi connectivity index (χ2v) is 3.98. The van der Waals surface area contributed by atoms with E-state index >= 15 is 0 Å². The third-order valence-electron chi connectivity index (χ3n) is 2.52. The minimum Gasteiger partial charge on any atom is -0.359 e. The number of hydrogen-bond acceptors (Lipinski definition) is 5. The van der Waals surface area contributed by atoms with Crippen molar-refractivity contribution >= 4 is 23.7 Å². The maximum atomic E-state index is 11.0. The van der Waals surface area contributed by atoms with Gasteiger partial charge in [0.25, 0.3) is 0 Å². The van der Waals surface area contributed by atoms with Crippen molar-refractivity contribution < 1.29 is 4.79 Å². The van der Waals surface area contributed by atoms with E-state index in [1.54, 1.807) is 12.4 Å². The average molecular weight is 266 g/mol. The SMILES string of the molecule is CCC(Nc1ncnc(Cl)c1C=O)c1ncc[nH]1. The van der Waals surface area contributed by atoms with Crippen molar-refractivity contribution in [2.24, 2.45) is 0 Å². The monoisotopic (exact) mass is 265 g/mol. The summed E-state index contributed by atoms with van der Waals surface area (Å²) in [6.45, 7) is 2.00. The summed E-state index contributed by atoms with van der Waals surface area (Å²) in [5, 5.41) is 3.27. The Morgan fingerprint density at radius 2 is 2.33 bits per heavy atom. The minimum atomic E-state index is -0.0651. The summed E-state index contributed by atoms with van der Waals surface area (Å²) in [4.78, 5) is 26.0. The average Bonchev–Trinajstić information content (AvgIpc) is 2.89. The number of imidazole rings is 1. The van der Waals surface area contributed by atoms with E-state index in [-0.39, 0.29) is 16.8 Å². The molecule has 0 aliphatic rings. The molecule has 94 valence electrons. The summed E-state index contributed by atoms with van der Waals surface area (Å²) in [5.74, 6) is 1.19. The van der Waals surface area contributed by atoms with Gasteiger partial charge in [0.15, 0.2) is 6.29 Å². The second kappa shape index (κ2) is 5.59. The molecule has 2 heterocycles. The number of aromatic nitrogens is 4. The van der Waals surface area contributed by atoms with Gasteiger partial charge in [-0.1, -0.05) is 18.5 Å². The van der Waals surface area contributed by atoms with Gasteiger partial charge in [0, 0.05) is 12.4 Å². The molecule has 18 heavy (non-hydrogen) atoms. The number of nitrogens with one attached hydrogen (secondary N) is 2. The lowest BCUT2D eigenvalue weighted by molar-refractivity contribution is 0.112. The Balaban J connectivity index is 2.28. The van der Waals surface area contributed by atoms with Crippen LogP contribution < -0.4 is 5.32 Å². The lowest BCUT2D eigenvalue weighted by Crippen LogP contribution is -2.14. The first kappa shape index (κ1) is 12.5. The van der Waals surface area contributed by atoms with Gasteiger partial charge in [0.1, 0.15) is 23.1 Å². The van der Waals surface area contributed by atoms with Crippen LogP contribution in [0.2, 0.25) is 5.15 Å². The van der Waals surface area contributed by atoms with E-state index in [0.717, 1.165) is 12.2 Å². The van der Waals surface area contributed by atoms with Crippen molar-refractivity contribution in [1.82, 2.24) is 19.9 Å². The van der Waals surface area contributed by atoms with Crippen molar-refractivity contribution in [2.45, 2.75) is 19.4 Å². The van der Waals surface area contributed by atoms with Gasteiger partial charge in [0.2, 0.25) is 0 Å². The molecule has 2 aromatic heterocycles. The van der Waals surface area contributed by atoms with E-state index in [9.17, 15) is 4.79 Å². The van der Waals surface area contributed by atoms with Crippen molar-refractivity contribution in [1.29, 1.82) is 0 Å². The van der Waals surface area contributed by atoms with E-state index in [4.69, 9.17) is 11.6 Å². The number of carbonyl (C=O) groups excluding carboxylic acids is 1. The number of aldehydes is 1. The van der Waals surface area contributed by atoms with Gasteiger partial charge in [0.05, 0.1) is 11.6 Å². The molecular formula is C11H12ClN5O. The lowest BCUT2D eigenvalue weighted by Gasteiger charge is -2.16. The van der Waals surface area contributed by atoms with Crippen LogP contribution in [0.25, 0.3) is 0 Å². The lowest BCUT2D eigenvalue weighted by atomic mass is 10.2. The van der Waals surface area contributed by atoms with Crippen molar-refractivity contribution in [3.8, 4) is 0 Å². The summed E-state index contributed by atoms with van der Waals surface area (Å²) in [6, 6.07) is -0.0651. The molecule has 2 aromatic rings. The number of H-pyrrole nitrogens is 1. The van der Waals surface area contributed by atoms with E-state index < -0.39 is 0 Å². The maximum absolute atomic E-state index is 11.0. The summed E-state index contributed by atoms with van der Waals surface area (Å²) in [5.41, 5.74) is 0.254. The van der Waals surface area contributed by atoms with Crippen LogP contribution in [0.4, 0.5) is 5.82 Å². The Kier molecular flexibility index (Phi) is 3.88. The molecule has 1 atom stereocenters. The summed E-state index contributed by atoms with van der Waals surface area (Å²) in [6.07, 6.45) is 6.15. The van der Waals surface area contributed by atoms with E-state index in [0.29, 0.717) is 12.1 Å².